The molecule has 3 nitrogen and oxygen atoms in total. The number of fused-ring (bicyclic) bond motifs is 1. The summed E-state index contributed by atoms with van der Waals surface area (Å²) >= 11 is 3.40. The van der Waals surface area contributed by atoms with E-state index in [2.05, 4.69) is 40.1 Å². The lowest BCUT2D eigenvalue weighted by Gasteiger charge is -2.24. The van der Waals surface area contributed by atoms with Gasteiger partial charge in [0, 0.05) is 16.2 Å². The summed E-state index contributed by atoms with van der Waals surface area (Å²) in [6.45, 7) is 6.24. The van der Waals surface area contributed by atoms with Gasteiger partial charge in [0.25, 0.3) is 0 Å². The fourth-order valence-corrected chi connectivity index (χ4v) is 2.68. The Bertz CT molecular complexity index is 445. The summed E-state index contributed by atoms with van der Waals surface area (Å²) in [4.78, 5) is 16.3. The molecule has 4 heteroatoms. The van der Waals surface area contributed by atoms with Crippen molar-refractivity contribution in [3.8, 4) is 0 Å². The minimum Gasteiger partial charge on any atom is -0.310 e. The summed E-state index contributed by atoms with van der Waals surface area (Å²) in [6, 6.07) is 1.99. The number of carbonyl (C=O) groups excluding carboxylic acids is 1. The summed E-state index contributed by atoms with van der Waals surface area (Å²) in [5.41, 5.74) is 0.556. The van der Waals surface area contributed by atoms with Crippen LogP contribution in [0.4, 0.5) is 5.82 Å². The molecule has 2 heterocycles. The van der Waals surface area contributed by atoms with E-state index >= 15 is 0 Å². The third-order valence-corrected chi connectivity index (χ3v) is 3.43. The Balaban J connectivity index is 2.49. The fourth-order valence-electron chi connectivity index (χ4n) is 2.35. The first-order chi connectivity index (χ1) is 7.43. The zero-order valence-corrected chi connectivity index (χ0v) is 11.3. The summed E-state index contributed by atoms with van der Waals surface area (Å²) in [7, 11) is 0. The van der Waals surface area contributed by atoms with Crippen LogP contribution in [0.15, 0.2) is 16.7 Å². The number of carbonyl (C=O) groups is 1. The molecule has 16 heavy (non-hydrogen) atoms. The van der Waals surface area contributed by atoms with Crippen LogP contribution >= 0.6 is 15.9 Å². The van der Waals surface area contributed by atoms with Gasteiger partial charge in [-0.1, -0.05) is 13.8 Å². The van der Waals surface area contributed by atoms with Gasteiger partial charge in [0.2, 0.25) is 5.91 Å². The van der Waals surface area contributed by atoms with Crippen molar-refractivity contribution in [2.24, 2.45) is 5.92 Å². The molecule has 0 fully saturated rings. The number of anilines is 1. The molecule has 0 saturated carbocycles. The number of nitrogens with one attached hydrogen (secondary N) is 1. The highest BCUT2D eigenvalue weighted by Crippen LogP contribution is 2.41. The van der Waals surface area contributed by atoms with Crippen LogP contribution < -0.4 is 5.32 Å². The van der Waals surface area contributed by atoms with Crippen molar-refractivity contribution in [1.29, 1.82) is 0 Å². The molecule has 1 aliphatic rings. The highest BCUT2D eigenvalue weighted by Gasteiger charge is 2.43. The van der Waals surface area contributed by atoms with Gasteiger partial charge in [0.05, 0.1) is 5.41 Å². The minimum atomic E-state index is -0.444. The maximum Gasteiger partial charge on any atom is 0.236 e. The summed E-state index contributed by atoms with van der Waals surface area (Å²) < 4.78 is 0.915. The number of halogens is 1. The number of hydrogen-bond donors (Lipinski definition) is 1. The molecular weight excluding hydrogens is 268 g/mol. The molecule has 1 aromatic heterocycles. The third kappa shape index (κ3) is 1.75. The van der Waals surface area contributed by atoms with Gasteiger partial charge in [-0.2, -0.15) is 0 Å². The lowest BCUT2D eigenvalue weighted by molar-refractivity contribution is -0.120. The Kier molecular flexibility index (Phi) is 2.78. The third-order valence-electron chi connectivity index (χ3n) is 3.00. The average molecular weight is 283 g/mol. The first kappa shape index (κ1) is 11.6. The maximum absolute atomic E-state index is 12.0. The van der Waals surface area contributed by atoms with Crippen molar-refractivity contribution in [2.75, 3.05) is 5.32 Å². The monoisotopic (exact) mass is 282 g/mol. The molecule has 1 aromatic rings. The van der Waals surface area contributed by atoms with E-state index in [9.17, 15) is 4.79 Å². The Morgan fingerprint density at radius 1 is 1.56 bits per heavy atom. The van der Waals surface area contributed by atoms with Crippen molar-refractivity contribution >= 4 is 27.7 Å². The zero-order chi connectivity index (χ0) is 11.9. The zero-order valence-electron chi connectivity index (χ0n) is 9.67. The number of aromatic nitrogens is 1. The number of amides is 1. The number of pyridine rings is 1. The van der Waals surface area contributed by atoms with Crippen LogP contribution in [-0.2, 0) is 10.2 Å². The molecule has 86 valence electrons. The van der Waals surface area contributed by atoms with Gasteiger partial charge in [-0.15, -0.1) is 0 Å². The number of hydrogen-bond acceptors (Lipinski definition) is 2. The second-order valence-electron chi connectivity index (χ2n) is 4.93. The van der Waals surface area contributed by atoms with Gasteiger partial charge in [0.15, 0.2) is 0 Å². The average Bonchev–Trinajstić information content (AvgIpc) is 2.40. The number of nitrogens with zero attached hydrogens (tertiary/aromatic N) is 1. The van der Waals surface area contributed by atoms with Crippen LogP contribution in [0.1, 0.15) is 32.8 Å². The lowest BCUT2D eigenvalue weighted by atomic mass is 9.77. The molecule has 1 aliphatic heterocycles. The van der Waals surface area contributed by atoms with E-state index in [-0.39, 0.29) is 5.91 Å². The van der Waals surface area contributed by atoms with E-state index in [4.69, 9.17) is 0 Å². The normalized spacial score (nSPS) is 23.4. The van der Waals surface area contributed by atoms with Crippen LogP contribution in [0.3, 0.4) is 0 Å². The number of rotatable bonds is 2. The van der Waals surface area contributed by atoms with Crippen molar-refractivity contribution in [3.63, 3.8) is 0 Å². The standard InChI is InChI=1S/C12H15BrN2O/c1-7(2)5-12(3)9-4-8(13)6-14-10(9)15-11(12)16/h4,6-7H,5H2,1-3H3,(H,14,15,16). The fraction of sp³-hybridized carbons (Fsp3) is 0.500. The summed E-state index contributed by atoms with van der Waals surface area (Å²) in [5.74, 6) is 1.24. The van der Waals surface area contributed by atoms with Crippen LogP contribution in [-0.4, -0.2) is 10.9 Å². The first-order valence-electron chi connectivity index (χ1n) is 5.41. The van der Waals surface area contributed by atoms with Crippen LogP contribution in [0.25, 0.3) is 0 Å². The van der Waals surface area contributed by atoms with E-state index < -0.39 is 5.41 Å². The molecular formula is C12H15BrN2O. The predicted molar refractivity (Wildman–Crippen MR) is 67.4 cm³/mol. The molecule has 0 bridgehead atoms. The molecule has 1 unspecified atom stereocenters. The molecule has 1 amide bonds. The molecule has 0 aromatic carbocycles. The van der Waals surface area contributed by atoms with Crippen LogP contribution in [0, 0.1) is 5.92 Å². The highest BCUT2D eigenvalue weighted by molar-refractivity contribution is 9.10. The van der Waals surface area contributed by atoms with E-state index in [1.165, 1.54) is 0 Å². The van der Waals surface area contributed by atoms with Crippen molar-refractivity contribution < 1.29 is 4.79 Å². The van der Waals surface area contributed by atoms with Crippen LogP contribution in [0.5, 0.6) is 0 Å². The summed E-state index contributed by atoms with van der Waals surface area (Å²) in [6.07, 6.45) is 2.55. The molecule has 0 aliphatic carbocycles. The summed E-state index contributed by atoms with van der Waals surface area (Å²) in [5, 5.41) is 2.85. The van der Waals surface area contributed by atoms with E-state index in [1.807, 2.05) is 13.0 Å². The quantitative estimate of drug-likeness (QED) is 0.906. The molecule has 1 atom stereocenters. The maximum atomic E-state index is 12.0. The molecule has 0 saturated heterocycles. The van der Waals surface area contributed by atoms with E-state index in [1.54, 1.807) is 6.20 Å². The van der Waals surface area contributed by atoms with E-state index in [0.29, 0.717) is 11.7 Å². The van der Waals surface area contributed by atoms with Gasteiger partial charge < -0.3 is 5.32 Å². The van der Waals surface area contributed by atoms with Gasteiger partial charge in [0.1, 0.15) is 5.82 Å². The molecule has 0 radical (unpaired) electrons. The lowest BCUT2D eigenvalue weighted by Crippen LogP contribution is -2.32. The van der Waals surface area contributed by atoms with Crippen molar-refractivity contribution in [1.82, 2.24) is 4.98 Å². The molecule has 1 N–H and O–H groups in total. The Labute approximate surface area is 104 Å². The largest absolute Gasteiger partial charge is 0.310 e. The van der Waals surface area contributed by atoms with Gasteiger partial charge in [-0.05, 0) is 41.3 Å². The SMILES string of the molecule is CC(C)CC1(C)C(=O)Nc2ncc(Br)cc21. The Hall–Kier alpha value is -0.900. The smallest absolute Gasteiger partial charge is 0.236 e. The second kappa shape index (κ2) is 3.84. The Morgan fingerprint density at radius 2 is 2.25 bits per heavy atom. The Morgan fingerprint density at radius 3 is 2.88 bits per heavy atom. The van der Waals surface area contributed by atoms with Gasteiger partial charge in [-0.25, -0.2) is 4.98 Å². The van der Waals surface area contributed by atoms with Gasteiger partial charge >= 0.3 is 0 Å². The topological polar surface area (TPSA) is 42.0 Å². The molecule has 2 rings (SSSR count). The first-order valence-corrected chi connectivity index (χ1v) is 6.20. The van der Waals surface area contributed by atoms with Gasteiger partial charge in [-0.3, -0.25) is 4.79 Å². The predicted octanol–water partition coefficient (Wildman–Crippen LogP) is 3.10. The molecule has 0 spiro atoms. The highest BCUT2D eigenvalue weighted by atomic mass is 79.9. The van der Waals surface area contributed by atoms with Crippen molar-refractivity contribution in [3.05, 3.63) is 22.3 Å². The van der Waals surface area contributed by atoms with Crippen LogP contribution in [0.2, 0.25) is 0 Å². The second-order valence-corrected chi connectivity index (χ2v) is 5.85. The minimum absolute atomic E-state index is 0.0572. The van der Waals surface area contributed by atoms with E-state index in [0.717, 1.165) is 16.5 Å². The van der Waals surface area contributed by atoms with Crippen molar-refractivity contribution in [2.45, 2.75) is 32.6 Å².